The fourth-order valence-corrected chi connectivity index (χ4v) is 2.19. The Bertz CT molecular complexity index is 274. The Hall–Kier alpha value is -0.810. The zero-order valence-electron chi connectivity index (χ0n) is 10.9. The van der Waals surface area contributed by atoms with E-state index in [4.69, 9.17) is 9.47 Å². The molecular formula is C12H22N2O3. The van der Waals surface area contributed by atoms with Crippen LogP contribution >= 0.6 is 0 Å². The van der Waals surface area contributed by atoms with Gasteiger partial charge in [0.2, 0.25) is 0 Å². The average Bonchev–Trinajstić information content (AvgIpc) is 2.46. The van der Waals surface area contributed by atoms with Crippen LogP contribution in [0.3, 0.4) is 0 Å². The minimum atomic E-state index is -0.428. The second kappa shape index (κ2) is 4.82. The average molecular weight is 242 g/mol. The third-order valence-corrected chi connectivity index (χ3v) is 2.94. The van der Waals surface area contributed by atoms with Gasteiger partial charge in [-0.1, -0.05) is 0 Å². The number of nitrogens with one attached hydrogen (secondary N) is 1. The van der Waals surface area contributed by atoms with Gasteiger partial charge in [-0.3, -0.25) is 0 Å². The lowest BCUT2D eigenvalue weighted by atomic mass is 10.1. The van der Waals surface area contributed by atoms with E-state index in [1.165, 1.54) is 0 Å². The highest BCUT2D eigenvalue weighted by molar-refractivity contribution is 5.68. The second-order valence-electron chi connectivity index (χ2n) is 5.89. The molecule has 1 N–H and O–H groups in total. The SMILES string of the molecule is CC(C)(C)OC(=O)N1CC2CNC(COC2)C1. The summed E-state index contributed by atoms with van der Waals surface area (Å²) in [5.74, 6) is 0.370. The molecule has 2 aliphatic heterocycles. The number of carbonyl (C=O) groups excluding carboxylic acids is 1. The number of ether oxygens (including phenoxy) is 2. The van der Waals surface area contributed by atoms with Crippen molar-refractivity contribution in [2.45, 2.75) is 32.4 Å². The summed E-state index contributed by atoms with van der Waals surface area (Å²) >= 11 is 0. The van der Waals surface area contributed by atoms with Crippen molar-refractivity contribution >= 4 is 6.09 Å². The summed E-state index contributed by atoms with van der Waals surface area (Å²) < 4.78 is 11.0. The maximum Gasteiger partial charge on any atom is 0.410 e. The van der Waals surface area contributed by atoms with Crippen LogP contribution in [-0.4, -0.2) is 55.5 Å². The van der Waals surface area contributed by atoms with E-state index in [9.17, 15) is 4.79 Å². The van der Waals surface area contributed by atoms with Crippen molar-refractivity contribution in [1.29, 1.82) is 0 Å². The summed E-state index contributed by atoms with van der Waals surface area (Å²) in [7, 11) is 0. The van der Waals surface area contributed by atoms with Crippen LogP contribution in [0.25, 0.3) is 0 Å². The van der Waals surface area contributed by atoms with Crippen LogP contribution in [0.4, 0.5) is 4.79 Å². The number of rotatable bonds is 0. The first-order valence-corrected chi connectivity index (χ1v) is 6.23. The quantitative estimate of drug-likeness (QED) is 0.684. The number of hydrogen-bond donors (Lipinski definition) is 1. The van der Waals surface area contributed by atoms with Crippen molar-refractivity contribution in [3.63, 3.8) is 0 Å². The van der Waals surface area contributed by atoms with Crippen molar-refractivity contribution in [3.05, 3.63) is 0 Å². The molecule has 0 saturated carbocycles. The summed E-state index contributed by atoms with van der Waals surface area (Å²) in [5, 5.41) is 3.42. The van der Waals surface area contributed by atoms with Gasteiger partial charge in [0.1, 0.15) is 5.60 Å². The number of nitrogens with zero attached hydrogens (tertiary/aromatic N) is 1. The smallest absolute Gasteiger partial charge is 0.410 e. The first-order chi connectivity index (χ1) is 7.94. The van der Waals surface area contributed by atoms with Gasteiger partial charge in [0, 0.05) is 31.6 Å². The van der Waals surface area contributed by atoms with E-state index in [1.807, 2.05) is 25.7 Å². The summed E-state index contributed by atoms with van der Waals surface area (Å²) in [5.41, 5.74) is -0.428. The minimum Gasteiger partial charge on any atom is -0.444 e. The van der Waals surface area contributed by atoms with Crippen molar-refractivity contribution in [1.82, 2.24) is 10.2 Å². The molecular weight excluding hydrogens is 220 g/mol. The number of amides is 1. The highest BCUT2D eigenvalue weighted by atomic mass is 16.6. The molecule has 2 unspecified atom stereocenters. The van der Waals surface area contributed by atoms with Crippen molar-refractivity contribution in [2.24, 2.45) is 5.92 Å². The van der Waals surface area contributed by atoms with Crippen LogP contribution in [-0.2, 0) is 9.47 Å². The van der Waals surface area contributed by atoms with Crippen molar-refractivity contribution < 1.29 is 14.3 Å². The lowest BCUT2D eigenvalue weighted by Crippen LogP contribution is -2.46. The normalized spacial score (nSPS) is 29.7. The lowest BCUT2D eigenvalue weighted by molar-refractivity contribution is 0.00926. The van der Waals surface area contributed by atoms with E-state index < -0.39 is 5.60 Å². The second-order valence-corrected chi connectivity index (χ2v) is 5.89. The molecule has 5 nitrogen and oxygen atoms in total. The van der Waals surface area contributed by atoms with Gasteiger partial charge in [-0.2, -0.15) is 0 Å². The summed E-state index contributed by atoms with van der Waals surface area (Å²) in [6.45, 7) is 9.40. The molecule has 2 atom stereocenters. The molecule has 5 heteroatoms. The van der Waals surface area contributed by atoms with E-state index in [2.05, 4.69) is 5.32 Å². The van der Waals surface area contributed by atoms with E-state index in [1.54, 1.807) is 0 Å². The molecule has 2 fully saturated rings. The van der Waals surface area contributed by atoms with Gasteiger partial charge in [0.25, 0.3) is 0 Å². The fraction of sp³-hybridized carbons (Fsp3) is 0.917. The molecule has 0 aromatic rings. The predicted octanol–water partition coefficient (Wildman–Crippen LogP) is 0.842. The number of hydrogen-bond acceptors (Lipinski definition) is 4. The van der Waals surface area contributed by atoms with E-state index in [-0.39, 0.29) is 12.1 Å². The van der Waals surface area contributed by atoms with Crippen LogP contribution in [0, 0.1) is 5.92 Å². The van der Waals surface area contributed by atoms with Gasteiger partial charge in [-0.25, -0.2) is 4.79 Å². The molecule has 2 heterocycles. The Balaban J connectivity index is 1.99. The van der Waals surface area contributed by atoms with E-state index in [0.29, 0.717) is 19.1 Å². The van der Waals surface area contributed by atoms with Crippen LogP contribution < -0.4 is 5.32 Å². The Morgan fingerprint density at radius 2 is 2.12 bits per heavy atom. The van der Waals surface area contributed by atoms with Gasteiger partial charge in [0.15, 0.2) is 0 Å². The van der Waals surface area contributed by atoms with Crippen LogP contribution in [0.1, 0.15) is 20.8 Å². The molecule has 0 radical (unpaired) electrons. The first kappa shape index (κ1) is 12.6. The molecule has 0 aliphatic carbocycles. The molecule has 0 aromatic carbocycles. The van der Waals surface area contributed by atoms with Crippen molar-refractivity contribution in [3.8, 4) is 0 Å². The van der Waals surface area contributed by atoms with Gasteiger partial charge in [-0.15, -0.1) is 0 Å². The van der Waals surface area contributed by atoms with E-state index >= 15 is 0 Å². The topological polar surface area (TPSA) is 50.8 Å². The zero-order chi connectivity index (χ0) is 12.5. The molecule has 1 amide bonds. The summed E-state index contributed by atoms with van der Waals surface area (Å²) in [6.07, 6.45) is -0.210. The third-order valence-electron chi connectivity index (χ3n) is 2.94. The molecule has 0 aromatic heterocycles. The molecule has 98 valence electrons. The number of carbonyl (C=O) groups is 1. The van der Waals surface area contributed by atoms with Crippen LogP contribution in [0.2, 0.25) is 0 Å². The molecule has 2 aliphatic rings. The molecule has 2 bridgehead atoms. The Labute approximate surface area is 102 Å². The zero-order valence-corrected chi connectivity index (χ0v) is 10.9. The maximum atomic E-state index is 12.0. The summed E-state index contributed by atoms with van der Waals surface area (Å²) in [6, 6.07) is 0.231. The van der Waals surface area contributed by atoms with Gasteiger partial charge >= 0.3 is 6.09 Å². The van der Waals surface area contributed by atoms with Gasteiger partial charge in [0.05, 0.1) is 13.2 Å². The number of fused-ring (bicyclic) bond motifs is 3. The highest BCUT2D eigenvalue weighted by Crippen LogP contribution is 2.16. The monoisotopic (exact) mass is 242 g/mol. The predicted molar refractivity (Wildman–Crippen MR) is 63.9 cm³/mol. The minimum absolute atomic E-state index is 0.210. The molecule has 0 spiro atoms. The lowest BCUT2D eigenvalue weighted by Gasteiger charge is -2.30. The fourth-order valence-electron chi connectivity index (χ4n) is 2.19. The Kier molecular flexibility index (Phi) is 3.58. The Morgan fingerprint density at radius 3 is 2.82 bits per heavy atom. The van der Waals surface area contributed by atoms with Gasteiger partial charge < -0.3 is 19.7 Å². The Morgan fingerprint density at radius 1 is 1.35 bits per heavy atom. The largest absolute Gasteiger partial charge is 0.444 e. The summed E-state index contributed by atoms with van der Waals surface area (Å²) in [4.78, 5) is 13.8. The van der Waals surface area contributed by atoms with Crippen LogP contribution in [0.5, 0.6) is 0 Å². The third kappa shape index (κ3) is 3.57. The van der Waals surface area contributed by atoms with Gasteiger partial charge in [-0.05, 0) is 20.8 Å². The molecule has 2 saturated heterocycles. The first-order valence-electron chi connectivity index (χ1n) is 6.23. The standard InChI is InChI=1S/C12H22N2O3/c1-12(2,3)17-11(15)14-5-9-4-13-10(6-14)8-16-7-9/h9-10,13H,4-8H2,1-3H3. The van der Waals surface area contributed by atoms with E-state index in [0.717, 1.165) is 19.7 Å². The van der Waals surface area contributed by atoms with Crippen molar-refractivity contribution in [2.75, 3.05) is 32.8 Å². The maximum absolute atomic E-state index is 12.0. The molecule has 2 rings (SSSR count). The van der Waals surface area contributed by atoms with Crippen LogP contribution in [0.15, 0.2) is 0 Å². The molecule has 17 heavy (non-hydrogen) atoms. The highest BCUT2D eigenvalue weighted by Gasteiger charge is 2.32.